The topological polar surface area (TPSA) is 95.3 Å². The standard InChI is InChI=1S/C29H36N4O4S2/c1-5-7-17-36-21-14-12-20(13-15-21)26-31-32-29(33(26)16-6-2)38-18-24(34)30-27-25(28(35)37-19(3)4)22-10-8-9-11-23(22)39-27/h6,12-15,19H,2,5,7-11,16-18H2,1,3-4H3,(H,30,34). The number of thiophene rings is 1. The van der Waals surface area contributed by atoms with Crippen LogP contribution in [-0.4, -0.2) is 45.1 Å². The van der Waals surface area contributed by atoms with Crippen molar-refractivity contribution >= 4 is 40.0 Å². The Balaban J connectivity index is 1.46. The summed E-state index contributed by atoms with van der Waals surface area (Å²) in [6.07, 6.45) is 7.53. The summed E-state index contributed by atoms with van der Waals surface area (Å²) in [5.74, 6) is 1.06. The van der Waals surface area contributed by atoms with Crippen molar-refractivity contribution in [2.24, 2.45) is 0 Å². The number of hydrogen-bond acceptors (Lipinski definition) is 8. The number of aryl methyl sites for hydroxylation is 1. The quantitative estimate of drug-likeness (QED) is 0.108. The number of benzene rings is 1. The van der Waals surface area contributed by atoms with Gasteiger partial charge in [-0.15, -0.1) is 28.1 Å². The Morgan fingerprint density at radius 3 is 2.69 bits per heavy atom. The highest BCUT2D eigenvalue weighted by atomic mass is 32.2. The second kappa shape index (κ2) is 13.8. The van der Waals surface area contributed by atoms with E-state index in [4.69, 9.17) is 9.47 Å². The molecule has 4 rings (SSSR count). The molecule has 0 saturated heterocycles. The minimum atomic E-state index is -0.371. The van der Waals surface area contributed by atoms with Crippen LogP contribution in [0, 0.1) is 0 Å². The fourth-order valence-electron chi connectivity index (χ4n) is 4.37. The zero-order chi connectivity index (χ0) is 27.8. The van der Waals surface area contributed by atoms with Crippen LogP contribution in [0.25, 0.3) is 11.4 Å². The Bertz CT molecular complexity index is 1300. The molecule has 0 unspecified atom stereocenters. The first-order valence-electron chi connectivity index (χ1n) is 13.5. The molecule has 0 atom stereocenters. The number of unbranched alkanes of at least 4 members (excludes halogenated alkanes) is 1. The van der Waals surface area contributed by atoms with Gasteiger partial charge in [-0.1, -0.05) is 31.2 Å². The number of hydrogen-bond donors (Lipinski definition) is 1. The number of allylic oxidation sites excluding steroid dienone is 1. The Labute approximate surface area is 238 Å². The molecule has 1 aliphatic carbocycles. The molecule has 2 aromatic heterocycles. The average molecular weight is 569 g/mol. The molecular weight excluding hydrogens is 532 g/mol. The van der Waals surface area contributed by atoms with Crippen molar-refractivity contribution in [3.05, 3.63) is 52.9 Å². The summed E-state index contributed by atoms with van der Waals surface area (Å²) < 4.78 is 13.2. The number of anilines is 1. The molecule has 0 spiro atoms. The average Bonchev–Trinajstić information content (AvgIpc) is 3.48. The number of fused-ring (bicyclic) bond motifs is 1. The number of rotatable bonds is 13. The number of aromatic nitrogens is 3. The second-order valence-electron chi connectivity index (χ2n) is 9.64. The molecule has 0 aliphatic heterocycles. The van der Waals surface area contributed by atoms with Crippen LogP contribution in [0.15, 0.2) is 42.1 Å². The summed E-state index contributed by atoms with van der Waals surface area (Å²) >= 11 is 2.79. The van der Waals surface area contributed by atoms with Crippen molar-refractivity contribution in [1.29, 1.82) is 0 Å². The second-order valence-corrected chi connectivity index (χ2v) is 11.7. The van der Waals surface area contributed by atoms with Crippen molar-refractivity contribution in [1.82, 2.24) is 14.8 Å². The van der Waals surface area contributed by atoms with Crippen molar-refractivity contribution in [2.75, 3.05) is 17.7 Å². The van der Waals surface area contributed by atoms with Crippen LogP contribution in [0.4, 0.5) is 5.00 Å². The van der Waals surface area contributed by atoms with E-state index in [0.717, 1.165) is 60.3 Å². The van der Waals surface area contributed by atoms with Crippen molar-refractivity contribution in [3.8, 4) is 17.1 Å². The fraction of sp³-hybridized carbons (Fsp3) is 0.448. The van der Waals surface area contributed by atoms with E-state index >= 15 is 0 Å². The van der Waals surface area contributed by atoms with Gasteiger partial charge >= 0.3 is 5.97 Å². The lowest BCUT2D eigenvalue weighted by atomic mass is 9.95. The Morgan fingerprint density at radius 2 is 1.97 bits per heavy atom. The normalized spacial score (nSPS) is 12.7. The van der Waals surface area contributed by atoms with Gasteiger partial charge in [0.25, 0.3) is 0 Å². The van der Waals surface area contributed by atoms with Crippen molar-refractivity contribution in [3.63, 3.8) is 0 Å². The van der Waals surface area contributed by atoms with E-state index in [2.05, 4.69) is 29.0 Å². The van der Waals surface area contributed by atoms with Crippen LogP contribution in [0.3, 0.4) is 0 Å². The van der Waals surface area contributed by atoms with Crippen LogP contribution in [0.1, 0.15) is 67.3 Å². The molecule has 1 amide bonds. The van der Waals surface area contributed by atoms with Crippen LogP contribution >= 0.6 is 23.1 Å². The summed E-state index contributed by atoms with van der Waals surface area (Å²) in [5.41, 5.74) is 2.44. The third-order valence-corrected chi connectivity index (χ3v) is 8.39. The summed E-state index contributed by atoms with van der Waals surface area (Å²) in [5, 5.41) is 12.9. The number of nitrogens with zero attached hydrogens (tertiary/aromatic N) is 3. The summed E-state index contributed by atoms with van der Waals surface area (Å²) in [6.45, 7) is 10.9. The minimum absolute atomic E-state index is 0.126. The highest BCUT2D eigenvalue weighted by molar-refractivity contribution is 7.99. The lowest BCUT2D eigenvalue weighted by molar-refractivity contribution is -0.113. The van der Waals surface area contributed by atoms with Crippen LogP contribution in [0.5, 0.6) is 5.75 Å². The van der Waals surface area contributed by atoms with E-state index in [9.17, 15) is 9.59 Å². The van der Waals surface area contributed by atoms with E-state index in [0.29, 0.717) is 34.7 Å². The van der Waals surface area contributed by atoms with Gasteiger partial charge < -0.3 is 14.8 Å². The van der Waals surface area contributed by atoms with Crippen molar-refractivity contribution in [2.45, 2.75) is 77.1 Å². The van der Waals surface area contributed by atoms with Gasteiger partial charge in [-0.3, -0.25) is 9.36 Å². The van der Waals surface area contributed by atoms with Gasteiger partial charge in [0, 0.05) is 17.0 Å². The maximum atomic E-state index is 13.0. The predicted molar refractivity (Wildman–Crippen MR) is 157 cm³/mol. The maximum Gasteiger partial charge on any atom is 0.341 e. The van der Waals surface area contributed by atoms with Crippen molar-refractivity contribution < 1.29 is 19.1 Å². The molecule has 0 bridgehead atoms. The molecule has 39 heavy (non-hydrogen) atoms. The monoisotopic (exact) mass is 568 g/mol. The Hall–Kier alpha value is -3.11. The summed E-state index contributed by atoms with van der Waals surface area (Å²) in [4.78, 5) is 27.1. The number of esters is 1. The molecule has 0 fully saturated rings. The highest BCUT2D eigenvalue weighted by Crippen LogP contribution is 2.39. The number of thioether (sulfide) groups is 1. The largest absolute Gasteiger partial charge is 0.494 e. The number of carbonyl (C=O) groups is 2. The number of amides is 1. The van der Waals surface area contributed by atoms with Gasteiger partial charge in [0.05, 0.1) is 24.0 Å². The molecular formula is C29H36N4O4S2. The number of ether oxygens (including phenoxy) is 2. The first kappa shape index (κ1) is 28.9. The van der Waals surface area contributed by atoms with Gasteiger partial charge in [-0.05, 0) is 75.8 Å². The van der Waals surface area contributed by atoms with E-state index in [1.165, 1.54) is 23.1 Å². The third kappa shape index (κ3) is 7.30. The molecule has 1 aromatic carbocycles. The molecule has 0 saturated carbocycles. The van der Waals surface area contributed by atoms with Gasteiger partial charge in [0.1, 0.15) is 10.8 Å². The number of nitrogens with one attached hydrogen (secondary N) is 1. The maximum absolute atomic E-state index is 13.0. The smallest absolute Gasteiger partial charge is 0.341 e. The van der Waals surface area contributed by atoms with E-state index in [1.54, 1.807) is 6.08 Å². The molecule has 0 radical (unpaired) electrons. The summed E-state index contributed by atoms with van der Waals surface area (Å²) in [7, 11) is 0. The summed E-state index contributed by atoms with van der Waals surface area (Å²) in [6, 6.07) is 7.78. The van der Waals surface area contributed by atoms with Gasteiger partial charge in [-0.2, -0.15) is 0 Å². The SMILES string of the molecule is C=CCn1c(SCC(=O)Nc2sc3c(c2C(=O)OC(C)C)CCCC3)nnc1-c1ccc(OCCCC)cc1. The van der Waals surface area contributed by atoms with Crippen LogP contribution in [0.2, 0.25) is 0 Å². The zero-order valence-electron chi connectivity index (χ0n) is 22.8. The zero-order valence-corrected chi connectivity index (χ0v) is 24.5. The Kier molecular flexibility index (Phi) is 10.2. The van der Waals surface area contributed by atoms with Crippen LogP contribution < -0.4 is 10.1 Å². The van der Waals surface area contributed by atoms with Crippen LogP contribution in [-0.2, 0) is 28.9 Å². The molecule has 10 heteroatoms. The third-order valence-electron chi connectivity index (χ3n) is 6.21. The first-order valence-corrected chi connectivity index (χ1v) is 15.3. The molecule has 8 nitrogen and oxygen atoms in total. The fourth-order valence-corrected chi connectivity index (χ4v) is 6.41. The van der Waals surface area contributed by atoms with E-state index < -0.39 is 0 Å². The molecule has 1 N–H and O–H groups in total. The van der Waals surface area contributed by atoms with E-state index in [-0.39, 0.29) is 23.7 Å². The van der Waals surface area contributed by atoms with Gasteiger partial charge in [-0.25, -0.2) is 4.79 Å². The Morgan fingerprint density at radius 1 is 1.21 bits per heavy atom. The highest BCUT2D eigenvalue weighted by Gasteiger charge is 2.28. The first-order chi connectivity index (χ1) is 18.9. The van der Waals surface area contributed by atoms with Gasteiger partial charge in [0.15, 0.2) is 11.0 Å². The van der Waals surface area contributed by atoms with Gasteiger partial charge in [0.2, 0.25) is 5.91 Å². The minimum Gasteiger partial charge on any atom is -0.494 e. The van der Waals surface area contributed by atoms with E-state index in [1.807, 2.05) is 42.7 Å². The molecule has 1 aliphatic rings. The lowest BCUT2D eigenvalue weighted by Gasteiger charge is -2.14. The lowest BCUT2D eigenvalue weighted by Crippen LogP contribution is -2.19. The molecule has 2 heterocycles. The molecule has 208 valence electrons. The predicted octanol–water partition coefficient (Wildman–Crippen LogP) is 6.55. The number of carbonyl (C=O) groups excluding carboxylic acids is 2. The molecule has 3 aromatic rings.